The van der Waals surface area contributed by atoms with Crippen molar-refractivity contribution in [2.24, 2.45) is 17.6 Å². The fraction of sp³-hybridized carbons (Fsp3) is 0.381. The van der Waals surface area contributed by atoms with Crippen molar-refractivity contribution in [3.05, 3.63) is 40.2 Å². The third-order valence-electron chi connectivity index (χ3n) is 6.40. The van der Waals surface area contributed by atoms with Gasteiger partial charge >= 0.3 is 0 Å². The number of fused-ring (bicyclic) bond motifs is 3. The van der Waals surface area contributed by atoms with Crippen molar-refractivity contribution >= 4 is 28.9 Å². The highest BCUT2D eigenvalue weighted by molar-refractivity contribution is 6.22. The maximum Gasteiger partial charge on any atom is 0.255 e. The third-order valence-corrected chi connectivity index (χ3v) is 6.40. The minimum absolute atomic E-state index is 0.0910. The van der Waals surface area contributed by atoms with E-state index in [1.54, 1.807) is 31.1 Å². The molecule has 3 aliphatic carbocycles. The lowest BCUT2D eigenvalue weighted by Crippen LogP contribution is -2.58. The maximum absolute atomic E-state index is 13.3. The number of aromatic hydroxyl groups is 1. The molecule has 4 rings (SSSR count). The zero-order chi connectivity index (χ0) is 22.1. The largest absolute Gasteiger partial charge is 0.508 e. The smallest absolute Gasteiger partial charge is 0.255 e. The molecule has 1 fully saturated rings. The number of hydrogen-bond donors (Lipinski definition) is 5. The first kappa shape index (κ1) is 20.0. The first-order valence-electron chi connectivity index (χ1n) is 9.49. The van der Waals surface area contributed by atoms with E-state index in [-0.39, 0.29) is 29.7 Å². The number of anilines is 1. The molecule has 3 atom stereocenters. The summed E-state index contributed by atoms with van der Waals surface area (Å²) < 4.78 is 0. The Morgan fingerprint density at radius 3 is 2.43 bits per heavy atom. The lowest BCUT2D eigenvalue weighted by Gasteiger charge is -2.46. The molecule has 1 saturated carbocycles. The zero-order valence-electron chi connectivity index (χ0n) is 16.5. The molecule has 0 bridgehead atoms. The van der Waals surface area contributed by atoms with Crippen LogP contribution in [0.25, 0.3) is 5.76 Å². The van der Waals surface area contributed by atoms with E-state index < -0.39 is 52.0 Å². The van der Waals surface area contributed by atoms with Crippen LogP contribution in [0, 0.1) is 11.8 Å². The second-order valence-electron chi connectivity index (χ2n) is 8.27. The average molecular weight is 414 g/mol. The van der Waals surface area contributed by atoms with Crippen LogP contribution >= 0.6 is 0 Å². The molecule has 0 heterocycles. The second kappa shape index (κ2) is 6.33. The summed E-state index contributed by atoms with van der Waals surface area (Å²) in [5.41, 5.74) is 2.84. The number of benzene rings is 1. The zero-order valence-corrected chi connectivity index (χ0v) is 16.5. The van der Waals surface area contributed by atoms with Gasteiger partial charge in [0, 0.05) is 32.0 Å². The summed E-state index contributed by atoms with van der Waals surface area (Å²) in [5.74, 6) is -6.20. The van der Waals surface area contributed by atoms with Crippen molar-refractivity contribution in [1.82, 2.24) is 0 Å². The summed E-state index contributed by atoms with van der Waals surface area (Å²) in [5, 5.41) is 43.3. The van der Waals surface area contributed by atoms with E-state index in [1.165, 1.54) is 0 Å². The summed E-state index contributed by atoms with van der Waals surface area (Å²) in [4.78, 5) is 38.9. The van der Waals surface area contributed by atoms with E-state index in [0.717, 1.165) is 0 Å². The van der Waals surface area contributed by atoms with Crippen LogP contribution in [-0.4, -0.2) is 57.6 Å². The number of carbonyl (C=O) groups is 3. The SMILES string of the molecule is CN(C)c1ccc2c(c1O)C(O)=C1C(=O)[C@]3(O)C(O)=C(C(N)=O)C(=O)C[C@@H]3C[C@@H]1C2. The van der Waals surface area contributed by atoms with E-state index in [2.05, 4.69) is 0 Å². The number of phenols is 1. The monoisotopic (exact) mass is 414 g/mol. The lowest BCUT2D eigenvalue weighted by atomic mass is 9.59. The molecular weight excluding hydrogens is 392 g/mol. The van der Waals surface area contributed by atoms with E-state index >= 15 is 0 Å². The molecule has 9 heteroatoms. The standard InChI is InChI=1S/C21H22N2O7/c1-23(2)11-4-3-8-5-9-6-10-7-12(24)15(20(22)29)19(28)21(10,30)18(27)14(9)17(26)13(8)16(11)25/h3-4,9-10,25-26,28,30H,5-7H2,1-2H3,(H2,22,29)/t9-,10-,21-/m0/s1. The molecule has 3 aliphatic rings. The molecular formula is C21H22N2O7. The average Bonchev–Trinajstić information content (AvgIpc) is 2.64. The number of carbonyl (C=O) groups excluding carboxylic acids is 3. The molecule has 0 saturated heterocycles. The van der Waals surface area contributed by atoms with E-state index in [1.807, 2.05) is 0 Å². The first-order valence-corrected chi connectivity index (χ1v) is 9.49. The molecule has 0 radical (unpaired) electrons. The van der Waals surface area contributed by atoms with Crippen molar-refractivity contribution in [3.63, 3.8) is 0 Å². The molecule has 30 heavy (non-hydrogen) atoms. The number of ketones is 2. The van der Waals surface area contributed by atoms with Crippen molar-refractivity contribution in [2.45, 2.75) is 24.9 Å². The Morgan fingerprint density at radius 2 is 1.83 bits per heavy atom. The molecule has 6 N–H and O–H groups in total. The van der Waals surface area contributed by atoms with Crippen molar-refractivity contribution < 1.29 is 34.8 Å². The fourth-order valence-electron chi connectivity index (χ4n) is 4.95. The maximum atomic E-state index is 13.3. The number of Topliss-reactive ketones (excluding diaryl/α,β-unsaturated/α-hetero) is 2. The number of rotatable bonds is 2. The Labute approximate surface area is 171 Å². The van der Waals surface area contributed by atoms with Crippen molar-refractivity contribution in [1.29, 1.82) is 0 Å². The van der Waals surface area contributed by atoms with Crippen molar-refractivity contribution in [3.8, 4) is 5.75 Å². The molecule has 1 aromatic rings. The van der Waals surface area contributed by atoms with Gasteiger partial charge in [0.1, 0.15) is 22.8 Å². The van der Waals surface area contributed by atoms with Gasteiger partial charge in [0.05, 0.1) is 11.3 Å². The predicted octanol–water partition coefficient (Wildman–Crippen LogP) is 0.490. The van der Waals surface area contributed by atoms with Crippen LogP contribution in [0.15, 0.2) is 29.0 Å². The van der Waals surface area contributed by atoms with Gasteiger partial charge in [0.15, 0.2) is 11.4 Å². The Balaban J connectivity index is 1.93. The van der Waals surface area contributed by atoms with Crippen LogP contribution in [0.5, 0.6) is 5.75 Å². The van der Waals surface area contributed by atoms with Gasteiger partial charge in [-0.05, 0) is 30.4 Å². The van der Waals surface area contributed by atoms with Crippen LogP contribution in [0.3, 0.4) is 0 Å². The van der Waals surface area contributed by atoms with Crippen LogP contribution in [0.4, 0.5) is 5.69 Å². The van der Waals surface area contributed by atoms with E-state index in [0.29, 0.717) is 17.7 Å². The quantitative estimate of drug-likeness (QED) is 0.437. The molecule has 0 aliphatic heterocycles. The molecule has 1 amide bonds. The molecule has 9 nitrogen and oxygen atoms in total. The van der Waals surface area contributed by atoms with Crippen molar-refractivity contribution in [2.75, 3.05) is 19.0 Å². The van der Waals surface area contributed by atoms with Crippen LogP contribution < -0.4 is 10.6 Å². The van der Waals surface area contributed by atoms with Gasteiger partial charge in [-0.15, -0.1) is 0 Å². The number of primary amides is 1. The van der Waals surface area contributed by atoms with E-state index in [4.69, 9.17) is 5.73 Å². The summed E-state index contributed by atoms with van der Waals surface area (Å²) >= 11 is 0. The number of nitrogens with zero attached hydrogens (tertiary/aromatic N) is 1. The number of nitrogens with two attached hydrogens (primary N) is 1. The number of hydrogen-bond acceptors (Lipinski definition) is 8. The Morgan fingerprint density at radius 1 is 1.17 bits per heavy atom. The molecule has 0 aromatic heterocycles. The van der Waals surface area contributed by atoms with Crippen LogP contribution in [0.2, 0.25) is 0 Å². The summed E-state index contributed by atoms with van der Waals surface area (Å²) in [6.07, 6.45) is 0.0988. The lowest BCUT2D eigenvalue weighted by molar-refractivity contribution is -0.147. The number of amides is 1. The number of aliphatic hydroxyl groups is 3. The normalized spacial score (nSPS) is 28.1. The summed E-state index contributed by atoms with van der Waals surface area (Å²) in [7, 11) is 3.42. The summed E-state index contributed by atoms with van der Waals surface area (Å²) in [6, 6.07) is 3.45. The van der Waals surface area contributed by atoms with Crippen LogP contribution in [-0.2, 0) is 20.8 Å². The minimum Gasteiger partial charge on any atom is -0.508 e. The second-order valence-corrected chi connectivity index (χ2v) is 8.27. The number of phenolic OH excluding ortho intramolecular Hbond substituents is 1. The molecule has 0 spiro atoms. The van der Waals surface area contributed by atoms with Crippen LogP contribution in [0.1, 0.15) is 24.0 Å². The van der Waals surface area contributed by atoms with Gasteiger partial charge in [-0.2, -0.15) is 0 Å². The number of aliphatic hydroxyl groups excluding tert-OH is 2. The Bertz CT molecular complexity index is 1090. The molecule has 1 aromatic carbocycles. The highest BCUT2D eigenvalue weighted by Gasteiger charge is 2.60. The summed E-state index contributed by atoms with van der Waals surface area (Å²) in [6.45, 7) is 0. The highest BCUT2D eigenvalue weighted by Crippen LogP contribution is 2.52. The van der Waals surface area contributed by atoms with Gasteiger partial charge in [-0.25, -0.2) is 0 Å². The highest BCUT2D eigenvalue weighted by atomic mass is 16.3. The van der Waals surface area contributed by atoms with Gasteiger partial charge in [0.2, 0.25) is 5.78 Å². The predicted molar refractivity (Wildman–Crippen MR) is 106 cm³/mol. The van der Waals surface area contributed by atoms with E-state index in [9.17, 15) is 34.8 Å². The molecule has 158 valence electrons. The molecule has 0 unspecified atom stereocenters. The van der Waals surface area contributed by atoms with Gasteiger partial charge < -0.3 is 31.1 Å². The van der Waals surface area contributed by atoms with Gasteiger partial charge in [0.25, 0.3) is 5.91 Å². The van der Waals surface area contributed by atoms with Gasteiger partial charge in [-0.3, -0.25) is 14.4 Å². The van der Waals surface area contributed by atoms with Gasteiger partial charge in [-0.1, -0.05) is 6.07 Å². The fourth-order valence-corrected chi connectivity index (χ4v) is 4.95. The topological polar surface area (TPSA) is 161 Å². The Hall–Kier alpha value is -3.33. The first-order chi connectivity index (χ1) is 14.0. The Kier molecular flexibility index (Phi) is 4.21. The minimum atomic E-state index is -2.54. The third kappa shape index (κ3) is 2.41.